The Balaban J connectivity index is 1.69. The number of aryl methyl sites for hydroxylation is 1. The van der Waals surface area contributed by atoms with Crippen LogP contribution in [0.2, 0.25) is 0 Å². The lowest BCUT2D eigenvalue weighted by Crippen LogP contribution is -2.44. The van der Waals surface area contributed by atoms with Gasteiger partial charge in [0.25, 0.3) is 5.56 Å². The molecule has 0 radical (unpaired) electrons. The van der Waals surface area contributed by atoms with Crippen molar-refractivity contribution >= 4 is 11.2 Å². The van der Waals surface area contributed by atoms with E-state index in [1.807, 2.05) is 61.7 Å². The molecule has 39 heavy (non-hydrogen) atoms. The van der Waals surface area contributed by atoms with Crippen molar-refractivity contribution in [2.24, 2.45) is 0 Å². The first-order chi connectivity index (χ1) is 18.6. The highest BCUT2D eigenvalue weighted by Crippen LogP contribution is 2.38. The van der Waals surface area contributed by atoms with Crippen LogP contribution >= 0.6 is 0 Å². The number of aromatic nitrogens is 5. The lowest BCUT2D eigenvalue weighted by Gasteiger charge is -2.38. The number of rotatable bonds is 9. The summed E-state index contributed by atoms with van der Waals surface area (Å²) >= 11 is 0. The third-order valence-corrected chi connectivity index (χ3v) is 7.20. The molecule has 1 aliphatic rings. The lowest BCUT2D eigenvalue weighted by molar-refractivity contribution is -0.0311. The maximum atomic E-state index is 13.9. The molecule has 1 aliphatic carbocycles. The van der Waals surface area contributed by atoms with Crippen molar-refractivity contribution < 1.29 is 14.2 Å². The van der Waals surface area contributed by atoms with Crippen molar-refractivity contribution in [3.8, 4) is 17.3 Å². The molecule has 1 saturated carbocycles. The normalized spacial score (nSPS) is 19.0. The molecular formula is C29H34FN5O4. The van der Waals surface area contributed by atoms with Crippen LogP contribution in [0.1, 0.15) is 57.3 Å². The molecule has 0 bridgehead atoms. The van der Waals surface area contributed by atoms with Gasteiger partial charge in [-0.15, -0.1) is 0 Å². The van der Waals surface area contributed by atoms with E-state index in [9.17, 15) is 19.1 Å². The van der Waals surface area contributed by atoms with Crippen molar-refractivity contribution in [3.63, 3.8) is 0 Å². The SMILES string of the molecule is Cc1nc(OC2CC(C)(F)C2)ccc1-c1nc2c(c(=O)n(CCCO)c(=O)n2C(C)C)n1Cc1ccccc1. The molecule has 0 unspecified atom stereocenters. The van der Waals surface area contributed by atoms with Crippen LogP contribution in [0.25, 0.3) is 22.6 Å². The maximum Gasteiger partial charge on any atom is 0.332 e. The highest BCUT2D eigenvalue weighted by atomic mass is 19.1. The molecule has 206 valence electrons. The number of aliphatic hydroxyl groups is 1. The fourth-order valence-corrected chi connectivity index (χ4v) is 5.26. The van der Waals surface area contributed by atoms with Gasteiger partial charge in [0.1, 0.15) is 17.6 Å². The van der Waals surface area contributed by atoms with E-state index in [1.165, 1.54) is 9.13 Å². The minimum atomic E-state index is -1.20. The van der Waals surface area contributed by atoms with Crippen molar-refractivity contribution in [2.45, 2.75) is 77.9 Å². The number of aliphatic hydroxyl groups excluding tert-OH is 1. The number of imidazole rings is 1. The van der Waals surface area contributed by atoms with Gasteiger partial charge in [-0.1, -0.05) is 30.3 Å². The summed E-state index contributed by atoms with van der Waals surface area (Å²) in [6.45, 7) is 7.48. The van der Waals surface area contributed by atoms with E-state index in [4.69, 9.17) is 9.72 Å². The topological polar surface area (TPSA) is 104 Å². The summed E-state index contributed by atoms with van der Waals surface area (Å²) < 4.78 is 24.4. The Morgan fingerprint density at radius 2 is 1.82 bits per heavy atom. The fraction of sp³-hybridized carbons (Fsp3) is 0.448. The van der Waals surface area contributed by atoms with Gasteiger partial charge in [0.05, 0.1) is 5.69 Å². The summed E-state index contributed by atoms with van der Waals surface area (Å²) in [5, 5.41) is 9.38. The summed E-state index contributed by atoms with van der Waals surface area (Å²) in [7, 11) is 0. The first-order valence-electron chi connectivity index (χ1n) is 13.3. The van der Waals surface area contributed by atoms with Crippen LogP contribution in [0.5, 0.6) is 5.88 Å². The Labute approximate surface area is 225 Å². The molecule has 3 aromatic heterocycles. The second-order valence-corrected chi connectivity index (χ2v) is 10.8. The molecule has 1 N–H and O–H groups in total. The zero-order chi connectivity index (χ0) is 27.9. The predicted octanol–water partition coefficient (Wildman–Crippen LogP) is 4.01. The van der Waals surface area contributed by atoms with Crippen LogP contribution in [0.3, 0.4) is 0 Å². The molecule has 3 heterocycles. The summed E-state index contributed by atoms with van der Waals surface area (Å²) in [5.74, 6) is 0.920. The Morgan fingerprint density at radius 3 is 2.44 bits per heavy atom. The molecule has 0 spiro atoms. The molecular weight excluding hydrogens is 501 g/mol. The summed E-state index contributed by atoms with van der Waals surface area (Å²) in [5.41, 5.74) is 0.829. The average molecular weight is 536 g/mol. The van der Waals surface area contributed by atoms with Crippen molar-refractivity contribution in [1.82, 2.24) is 23.7 Å². The third-order valence-electron chi connectivity index (χ3n) is 7.20. The van der Waals surface area contributed by atoms with Gasteiger partial charge in [0.15, 0.2) is 11.2 Å². The smallest absolute Gasteiger partial charge is 0.332 e. The number of fused-ring (bicyclic) bond motifs is 1. The summed E-state index contributed by atoms with van der Waals surface area (Å²) in [6.07, 6.45) is 0.735. The van der Waals surface area contributed by atoms with E-state index in [2.05, 4.69) is 4.98 Å². The highest BCUT2D eigenvalue weighted by molar-refractivity contribution is 5.78. The van der Waals surface area contributed by atoms with Crippen LogP contribution in [-0.4, -0.2) is 47.2 Å². The molecule has 1 aromatic carbocycles. The van der Waals surface area contributed by atoms with E-state index in [0.29, 0.717) is 53.5 Å². The second-order valence-electron chi connectivity index (χ2n) is 10.8. The van der Waals surface area contributed by atoms with Gasteiger partial charge >= 0.3 is 5.69 Å². The number of benzene rings is 1. The maximum absolute atomic E-state index is 13.9. The fourth-order valence-electron chi connectivity index (χ4n) is 5.26. The van der Waals surface area contributed by atoms with Gasteiger partial charge in [0.2, 0.25) is 5.88 Å². The van der Waals surface area contributed by atoms with Gasteiger partial charge in [-0.05, 0) is 45.7 Å². The molecule has 0 atom stereocenters. The molecule has 0 aliphatic heterocycles. The van der Waals surface area contributed by atoms with Gasteiger partial charge in [0, 0.05) is 50.2 Å². The van der Waals surface area contributed by atoms with Crippen LogP contribution in [0.4, 0.5) is 4.39 Å². The number of hydrogen-bond acceptors (Lipinski definition) is 6. The van der Waals surface area contributed by atoms with E-state index in [0.717, 1.165) is 5.56 Å². The summed E-state index contributed by atoms with van der Waals surface area (Å²) in [4.78, 5) is 36.7. The molecule has 5 rings (SSSR count). The third kappa shape index (κ3) is 5.13. The molecule has 9 nitrogen and oxygen atoms in total. The second kappa shape index (κ2) is 10.4. The number of ether oxygens (including phenoxy) is 1. The van der Waals surface area contributed by atoms with Crippen molar-refractivity contribution in [2.75, 3.05) is 6.61 Å². The standard InChI is InChI=1S/C29H34FN5O4/c1-18(2)35-26-24(27(37)33(28(35)38)13-8-14-36)34(17-20-9-6-5-7-10-20)25(32-26)22-11-12-23(31-19(22)3)39-21-15-29(4,30)16-21/h5-7,9-12,18,21,36H,8,13-17H2,1-4H3. The molecule has 1 fully saturated rings. The average Bonchev–Trinajstić information content (AvgIpc) is 3.21. The Morgan fingerprint density at radius 1 is 1.10 bits per heavy atom. The van der Waals surface area contributed by atoms with Gasteiger partial charge < -0.3 is 14.4 Å². The van der Waals surface area contributed by atoms with Gasteiger partial charge in [-0.2, -0.15) is 0 Å². The molecule has 4 aromatic rings. The van der Waals surface area contributed by atoms with Gasteiger partial charge in [-0.25, -0.2) is 19.2 Å². The van der Waals surface area contributed by atoms with Crippen LogP contribution in [-0.2, 0) is 13.1 Å². The van der Waals surface area contributed by atoms with Crippen LogP contribution in [0.15, 0.2) is 52.1 Å². The number of hydrogen-bond donors (Lipinski definition) is 1. The number of pyridine rings is 1. The van der Waals surface area contributed by atoms with Crippen molar-refractivity contribution in [1.29, 1.82) is 0 Å². The van der Waals surface area contributed by atoms with E-state index in [-0.39, 0.29) is 31.7 Å². The number of halogens is 1. The Kier molecular flexibility index (Phi) is 7.15. The zero-order valence-corrected chi connectivity index (χ0v) is 22.7. The first kappa shape index (κ1) is 26.8. The monoisotopic (exact) mass is 535 g/mol. The number of nitrogens with zero attached hydrogens (tertiary/aromatic N) is 5. The quantitative estimate of drug-likeness (QED) is 0.347. The zero-order valence-electron chi connectivity index (χ0n) is 22.7. The minimum absolute atomic E-state index is 0.106. The van der Waals surface area contributed by atoms with E-state index in [1.54, 1.807) is 13.0 Å². The number of alkyl halides is 1. The molecule has 0 saturated heterocycles. The lowest BCUT2D eigenvalue weighted by atomic mass is 9.81. The largest absolute Gasteiger partial charge is 0.474 e. The van der Waals surface area contributed by atoms with Crippen LogP contribution in [0, 0.1) is 6.92 Å². The van der Waals surface area contributed by atoms with Gasteiger partial charge in [-0.3, -0.25) is 13.9 Å². The summed E-state index contributed by atoms with van der Waals surface area (Å²) in [6, 6.07) is 13.0. The predicted molar refractivity (Wildman–Crippen MR) is 147 cm³/mol. The Bertz CT molecular complexity index is 1610. The minimum Gasteiger partial charge on any atom is -0.474 e. The van der Waals surface area contributed by atoms with Crippen molar-refractivity contribution in [3.05, 3.63) is 74.6 Å². The highest BCUT2D eigenvalue weighted by Gasteiger charge is 2.42. The van der Waals surface area contributed by atoms with Crippen LogP contribution < -0.4 is 16.0 Å². The van der Waals surface area contributed by atoms with E-state index < -0.39 is 16.9 Å². The van der Waals surface area contributed by atoms with E-state index >= 15 is 0 Å². The first-order valence-corrected chi connectivity index (χ1v) is 13.3. The molecule has 0 amide bonds. The Hall–Kier alpha value is -3.79. The molecule has 10 heteroatoms.